The van der Waals surface area contributed by atoms with E-state index in [-0.39, 0.29) is 18.1 Å². The summed E-state index contributed by atoms with van der Waals surface area (Å²) in [6, 6.07) is 1.33. The van der Waals surface area contributed by atoms with Crippen LogP contribution in [0.4, 0.5) is 8.78 Å². The van der Waals surface area contributed by atoms with Crippen LogP contribution in [0.5, 0.6) is 0 Å². The van der Waals surface area contributed by atoms with Gasteiger partial charge in [-0.1, -0.05) is 0 Å². The minimum atomic E-state index is -2.64. The van der Waals surface area contributed by atoms with Gasteiger partial charge in [-0.25, -0.2) is 8.78 Å². The van der Waals surface area contributed by atoms with Gasteiger partial charge in [-0.3, -0.25) is 19.1 Å². The van der Waals surface area contributed by atoms with E-state index < -0.39 is 6.43 Å². The zero-order valence-electron chi connectivity index (χ0n) is 16.0. The number of alkyl halides is 2. The van der Waals surface area contributed by atoms with E-state index in [1.54, 1.807) is 11.8 Å². The molecular formula is C18H26F2N6O. The molecule has 1 saturated heterocycles. The highest BCUT2D eigenvalue weighted by atomic mass is 19.3. The van der Waals surface area contributed by atoms with E-state index in [0.29, 0.717) is 18.8 Å². The number of carbonyl (C=O) groups is 1. The van der Waals surface area contributed by atoms with Crippen molar-refractivity contribution in [3.05, 3.63) is 34.9 Å². The number of amides is 1. The number of nitrogens with zero attached hydrogens (tertiary/aromatic N) is 6. The summed E-state index contributed by atoms with van der Waals surface area (Å²) in [5, 5.41) is 8.49. The SMILES string of the molecule is CCn1cc(CN2CCN(C(=O)Cn3nc(C)cc3C(F)F)CC2)c(C)n1. The fraction of sp³-hybridized carbons (Fsp3) is 0.611. The molecule has 0 saturated carbocycles. The van der Waals surface area contributed by atoms with Gasteiger partial charge in [-0.2, -0.15) is 10.2 Å². The van der Waals surface area contributed by atoms with Gasteiger partial charge in [-0.05, 0) is 26.8 Å². The molecule has 2 aromatic rings. The lowest BCUT2D eigenvalue weighted by molar-refractivity contribution is -0.134. The summed E-state index contributed by atoms with van der Waals surface area (Å²) in [5.74, 6) is -0.172. The van der Waals surface area contributed by atoms with Crippen molar-refractivity contribution in [3.63, 3.8) is 0 Å². The summed E-state index contributed by atoms with van der Waals surface area (Å²) in [6.07, 6.45) is -0.568. The normalized spacial score (nSPS) is 15.7. The van der Waals surface area contributed by atoms with Crippen molar-refractivity contribution < 1.29 is 13.6 Å². The highest BCUT2D eigenvalue weighted by molar-refractivity contribution is 5.76. The molecule has 148 valence electrons. The fourth-order valence-corrected chi connectivity index (χ4v) is 3.37. The Morgan fingerprint density at radius 1 is 1.19 bits per heavy atom. The first-order valence-corrected chi connectivity index (χ1v) is 9.23. The molecule has 7 nitrogen and oxygen atoms in total. The Kier molecular flexibility index (Phi) is 5.88. The maximum absolute atomic E-state index is 13.1. The Hall–Kier alpha value is -2.29. The third-order valence-electron chi connectivity index (χ3n) is 4.93. The topological polar surface area (TPSA) is 59.2 Å². The van der Waals surface area contributed by atoms with Gasteiger partial charge in [0.2, 0.25) is 5.91 Å². The molecule has 0 radical (unpaired) electrons. The van der Waals surface area contributed by atoms with E-state index in [9.17, 15) is 13.6 Å². The van der Waals surface area contributed by atoms with Gasteiger partial charge in [-0.15, -0.1) is 0 Å². The van der Waals surface area contributed by atoms with Gasteiger partial charge in [0.1, 0.15) is 12.2 Å². The minimum Gasteiger partial charge on any atom is -0.339 e. The Balaban J connectivity index is 1.54. The highest BCUT2D eigenvalue weighted by Crippen LogP contribution is 2.20. The van der Waals surface area contributed by atoms with Crippen molar-refractivity contribution in [2.45, 2.75) is 46.8 Å². The maximum Gasteiger partial charge on any atom is 0.280 e. The number of piperazine rings is 1. The summed E-state index contributed by atoms with van der Waals surface area (Å²) in [5.41, 5.74) is 2.52. The molecule has 27 heavy (non-hydrogen) atoms. The van der Waals surface area contributed by atoms with Crippen LogP contribution in [0.15, 0.2) is 12.3 Å². The number of aryl methyl sites for hydroxylation is 3. The Labute approximate surface area is 157 Å². The summed E-state index contributed by atoms with van der Waals surface area (Å²) in [4.78, 5) is 16.5. The highest BCUT2D eigenvalue weighted by Gasteiger charge is 2.24. The minimum absolute atomic E-state index is 0.143. The number of rotatable bonds is 6. The van der Waals surface area contributed by atoms with Crippen LogP contribution in [0.25, 0.3) is 0 Å². The van der Waals surface area contributed by atoms with E-state index in [1.165, 1.54) is 11.6 Å². The van der Waals surface area contributed by atoms with Crippen molar-refractivity contribution >= 4 is 5.91 Å². The van der Waals surface area contributed by atoms with E-state index in [0.717, 1.165) is 36.6 Å². The number of carbonyl (C=O) groups excluding carboxylic acids is 1. The van der Waals surface area contributed by atoms with Crippen LogP contribution in [0, 0.1) is 13.8 Å². The molecule has 1 amide bonds. The first-order valence-electron chi connectivity index (χ1n) is 9.23. The molecule has 1 aliphatic heterocycles. The molecule has 3 rings (SSSR count). The summed E-state index contributed by atoms with van der Waals surface area (Å²) in [7, 11) is 0. The van der Waals surface area contributed by atoms with Crippen LogP contribution in [-0.4, -0.2) is 61.4 Å². The van der Waals surface area contributed by atoms with E-state index in [4.69, 9.17) is 0 Å². The number of hydrogen-bond acceptors (Lipinski definition) is 4. The van der Waals surface area contributed by atoms with E-state index in [1.807, 2.05) is 11.6 Å². The zero-order valence-corrected chi connectivity index (χ0v) is 16.0. The largest absolute Gasteiger partial charge is 0.339 e. The van der Waals surface area contributed by atoms with Crippen molar-refractivity contribution in [3.8, 4) is 0 Å². The molecule has 0 N–H and O–H groups in total. The van der Waals surface area contributed by atoms with Crippen LogP contribution < -0.4 is 0 Å². The second-order valence-electron chi connectivity index (χ2n) is 6.92. The Bertz CT molecular complexity index is 792. The van der Waals surface area contributed by atoms with E-state index in [2.05, 4.69) is 28.2 Å². The van der Waals surface area contributed by atoms with Gasteiger partial charge >= 0.3 is 0 Å². The molecule has 1 fully saturated rings. The molecule has 1 aliphatic rings. The van der Waals surface area contributed by atoms with Crippen LogP contribution in [0.2, 0.25) is 0 Å². The summed E-state index contributed by atoms with van der Waals surface area (Å²) in [6.45, 7) is 9.90. The first-order chi connectivity index (χ1) is 12.9. The fourth-order valence-electron chi connectivity index (χ4n) is 3.37. The smallest absolute Gasteiger partial charge is 0.280 e. The molecule has 9 heteroatoms. The molecule has 0 bridgehead atoms. The second-order valence-corrected chi connectivity index (χ2v) is 6.92. The Morgan fingerprint density at radius 2 is 1.89 bits per heavy atom. The Morgan fingerprint density at radius 3 is 2.48 bits per heavy atom. The molecule has 0 atom stereocenters. The van der Waals surface area contributed by atoms with Gasteiger partial charge in [0.15, 0.2) is 0 Å². The summed E-state index contributed by atoms with van der Waals surface area (Å²) >= 11 is 0. The van der Waals surface area contributed by atoms with Crippen LogP contribution in [-0.2, 0) is 24.4 Å². The van der Waals surface area contributed by atoms with E-state index >= 15 is 0 Å². The van der Waals surface area contributed by atoms with Gasteiger partial charge in [0.05, 0.1) is 11.4 Å². The second kappa shape index (κ2) is 8.16. The molecule has 3 heterocycles. The number of hydrogen-bond donors (Lipinski definition) is 0. The van der Waals surface area contributed by atoms with Gasteiger partial charge in [0, 0.05) is 51.0 Å². The van der Waals surface area contributed by atoms with Crippen LogP contribution >= 0.6 is 0 Å². The molecule has 0 spiro atoms. The lowest BCUT2D eigenvalue weighted by Crippen LogP contribution is -2.49. The number of halogens is 2. The van der Waals surface area contributed by atoms with Gasteiger partial charge in [0.25, 0.3) is 6.43 Å². The lowest BCUT2D eigenvalue weighted by Gasteiger charge is -2.34. The van der Waals surface area contributed by atoms with Crippen LogP contribution in [0.1, 0.15) is 36.0 Å². The average molecular weight is 380 g/mol. The van der Waals surface area contributed by atoms with Gasteiger partial charge < -0.3 is 4.90 Å². The quantitative estimate of drug-likeness (QED) is 0.769. The number of aromatic nitrogens is 4. The lowest BCUT2D eigenvalue weighted by atomic mass is 10.2. The third kappa shape index (κ3) is 4.52. The van der Waals surface area contributed by atoms with Crippen molar-refractivity contribution in [1.29, 1.82) is 0 Å². The molecule has 0 unspecified atom stereocenters. The van der Waals surface area contributed by atoms with Crippen LogP contribution in [0.3, 0.4) is 0 Å². The predicted molar refractivity (Wildman–Crippen MR) is 96.4 cm³/mol. The molecule has 2 aromatic heterocycles. The standard InChI is InChI=1S/C18H26F2N6O/c1-4-25-11-15(14(3)22-25)10-23-5-7-24(8-6-23)17(27)12-26-16(18(19)20)9-13(2)21-26/h9,11,18H,4-8,10,12H2,1-3H3. The predicted octanol–water partition coefficient (Wildman–Crippen LogP) is 2.00. The first kappa shape index (κ1) is 19.5. The molecular weight excluding hydrogens is 354 g/mol. The summed E-state index contributed by atoms with van der Waals surface area (Å²) < 4.78 is 29.2. The zero-order chi connectivity index (χ0) is 19.6. The average Bonchev–Trinajstić information content (AvgIpc) is 3.18. The molecule has 0 aliphatic carbocycles. The van der Waals surface area contributed by atoms with Crippen molar-refractivity contribution in [1.82, 2.24) is 29.4 Å². The third-order valence-corrected chi connectivity index (χ3v) is 4.93. The molecule has 0 aromatic carbocycles. The monoisotopic (exact) mass is 380 g/mol. The van der Waals surface area contributed by atoms with Crippen molar-refractivity contribution in [2.75, 3.05) is 26.2 Å². The maximum atomic E-state index is 13.1. The van der Waals surface area contributed by atoms with Crippen molar-refractivity contribution in [2.24, 2.45) is 0 Å².